The molecule has 0 aliphatic carbocycles. The predicted molar refractivity (Wildman–Crippen MR) is 47.3 cm³/mol. The van der Waals surface area contributed by atoms with Gasteiger partial charge in [0, 0.05) is 6.54 Å². The van der Waals surface area contributed by atoms with E-state index in [4.69, 9.17) is 0 Å². The van der Waals surface area contributed by atoms with Crippen LogP contribution in [0.15, 0.2) is 6.20 Å². The van der Waals surface area contributed by atoms with Gasteiger partial charge in [-0.05, 0) is 29.5 Å². The molecule has 60 valence electrons. The summed E-state index contributed by atoms with van der Waals surface area (Å²) in [6.07, 6.45) is 1.43. The Morgan fingerprint density at radius 3 is 2.82 bits per heavy atom. The van der Waals surface area contributed by atoms with Gasteiger partial charge in [0.1, 0.15) is 6.20 Å². The molecule has 1 aromatic heterocycles. The third-order valence-corrected chi connectivity index (χ3v) is 1.99. The Morgan fingerprint density at radius 1 is 1.91 bits per heavy atom. The topological polar surface area (TPSA) is 61.0 Å². The Hall–Kier alpha value is -0.660. The Morgan fingerprint density at radius 2 is 2.55 bits per heavy atom. The van der Waals surface area contributed by atoms with Crippen LogP contribution in [0.5, 0.6) is 0 Å². The van der Waals surface area contributed by atoms with Crippen molar-refractivity contribution in [3.05, 3.63) is 20.0 Å². The van der Waals surface area contributed by atoms with Crippen molar-refractivity contribution in [2.24, 2.45) is 0 Å². The number of aromatic nitrogens is 2. The van der Waals surface area contributed by atoms with Crippen LogP contribution in [0.4, 0.5) is 5.69 Å². The summed E-state index contributed by atoms with van der Waals surface area (Å²) < 4.78 is 1.98. The zero-order valence-electron chi connectivity index (χ0n) is 5.82. The number of hydrogen-bond acceptors (Lipinski definition) is 3. The average Bonchev–Trinajstić information content (AvgIpc) is 2.30. The van der Waals surface area contributed by atoms with Gasteiger partial charge in [-0.2, -0.15) is 5.10 Å². The molecule has 1 rings (SSSR count). The zero-order chi connectivity index (χ0) is 8.43. The van der Waals surface area contributed by atoms with Crippen molar-refractivity contribution in [1.82, 2.24) is 9.78 Å². The molecule has 5 nitrogen and oxygen atoms in total. The smallest absolute Gasteiger partial charge is 0.265 e. The summed E-state index contributed by atoms with van der Waals surface area (Å²) in [5.41, 5.74) is 0.0763. The summed E-state index contributed by atoms with van der Waals surface area (Å²) >= 11 is 1.85. The van der Waals surface area contributed by atoms with Crippen molar-refractivity contribution in [2.75, 3.05) is 0 Å². The second-order valence-corrected chi connectivity index (χ2v) is 2.94. The van der Waals surface area contributed by atoms with Crippen molar-refractivity contribution >= 4 is 28.3 Å². The van der Waals surface area contributed by atoms with E-state index < -0.39 is 4.92 Å². The lowest BCUT2D eigenvalue weighted by Gasteiger charge is -1.87. The molecule has 1 heterocycles. The van der Waals surface area contributed by atoms with E-state index in [-0.39, 0.29) is 5.69 Å². The summed E-state index contributed by atoms with van der Waals surface area (Å²) in [4.78, 5) is 9.87. The third-order valence-electron chi connectivity index (χ3n) is 1.22. The first-order valence-electron chi connectivity index (χ1n) is 3.02. The highest BCUT2D eigenvalue weighted by atomic mass is 127. The molecule has 0 unspecified atom stereocenters. The van der Waals surface area contributed by atoms with E-state index in [1.165, 1.54) is 6.20 Å². The van der Waals surface area contributed by atoms with Crippen LogP contribution >= 0.6 is 22.6 Å². The van der Waals surface area contributed by atoms with Gasteiger partial charge in [0.2, 0.25) is 0 Å². The van der Waals surface area contributed by atoms with E-state index in [0.717, 1.165) is 0 Å². The highest BCUT2D eigenvalue weighted by molar-refractivity contribution is 14.1. The van der Waals surface area contributed by atoms with E-state index >= 15 is 0 Å². The van der Waals surface area contributed by atoms with Gasteiger partial charge in [0.15, 0.2) is 3.70 Å². The second kappa shape index (κ2) is 3.16. The molecule has 0 aliphatic rings. The summed E-state index contributed by atoms with van der Waals surface area (Å²) in [5.74, 6) is 0. The van der Waals surface area contributed by atoms with Crippen LogP contribution in [0.3, 0.4) is 0 Å². The molecular weight excluding hydrogens is 261 g/mol. The summed E-state index contributed by atoms with van der Waals surface area (Å²) in [5, 5.41) is 14.2. The molecule has 0 saturated heterocycles. The molecule has 0 amide bonds. The van der Waals surface area contributed by atoms with Gasteiger partial charge in [-0.25, -0.2) is 0 Å². The van der Waals surface area contributed by atoms with E-state index in [2.05, 4.69) is 5.10 Å². The molecule has 0 aliphatic heterocycles. The molecular formula is C5H6IN3O2. The number of halogens is 1. The molecule has 0 atom stereocenters. The second-order valence-electron chi connectivity index (χ2n) is 1.92. The van der Waals surface area contributed by atoms with Crippen LogP contribution in [-0.4, -0.2) is 14.7 Å². The third kappa shape index (κ3) is 1.67. The quantitative estimate of drug-likeness (QED) is 0.462. The molecule has 0 bridgehead atoms. The minimum atomic E-state index is -0.430. The van der Waals surface area contributed by atoms with Crippen LogP contribution in [-0.2, 0) is 6.54 Å². The first-order valence-corrected chi connectivity index (χ1v) is 4.10. The minimum Gasteiger partial charge on any atom is -0.265 e. The highest BCUT2D eigenvalue weighted by Crippen LogP contribution is 2.17. The minimum absolute atomic E-state index is 0.0763. The maximum atomic E-state index is 10.3. The lowest BCUT2D eigenvalue weighted by atomic mass is 10.6. The van der Waals surface area contributed by atoms with Crippen LogP contribution in [0.25, 0.3) is 0 Å². The zero-order valence-corrected chi connectivity index (χ0v) is 7.98. The summed E-state index contributed by atoms with van der Waals surface area (Å²) in [7, 11) is 0. The lowest BCUT2D eigenvalue weighted by Crippen LogP contribution is -1.93. The fourth-order valence-corrected chi connectivity index (χ4v) is 1.29. The maximum Gasteiger partial charge on any atom is 0.320 e. The van der Waals surface area contributed by atoms with Gasteiger partial charge in [-0.3, -0.25) is 14.8 Å². The Bertz CT molecular complexity index is 283. The van der Waals surface area contributed by atoms with Gasteiger partial charge < -0.3 is 0 Å². The molecule has 0 radical (unpaired) electrons. The first kappa shape index (κ1) is 8.44. The molecule has 6 heteroatoms. The number of nitrogens with zero attached hydrogens (tertiary/aromatic N) is 3. The predicted octanol–water partition coefficient (Wildman–Crippen LogP) is 1.42. The van der Waals surface area contributed by atoms with Gasteiger partial charge >= 0.3 is 5.69 Å². The number of rotatable bonds is 2. The van der Waals surface area contributed by atoms with Crippen molar-refractivity contribution in [2.45, 2.75) is 13.5 Å². The van der Waals surface area contributed by atoms with E-state index in [1.807, 2.05) is 29.5 Å². The monoisotopic (exact) mass is 267 g/mol. The van der Waals surface area contributed by atoms with Crippen LogP contribution in [0.2, 0.25) is 0 Å². The Labute approximate surface area is 76.7 Å². The number of aryl methyl sites for hydroxylation is 1. The normalized spacial score (nSPS) is 10.0. The molecule has 0 saturated carbocycles. The van der Waals surface area contributed by atoms with E-state index in [1.54, 1.807) is 4.68 Å². The van der Waals surface area contributed by atoms with Gasteiger partial charge in [-0.1, -0.05) is 0 Å². The lowest BCUT2D eigenvalue weighted by molar-refractivity contribution is -0.385. The van der Waals surface area contributed by atoms with Crippen LogP contribution < -0.4 is 0 Å². The fourth-order valence-electron chi connectivity index (χ4n) is 0.672. The molecule has 0 spiro atoms. The maximum absolute atomic E-state index is 10.3. The number of hydrogen-bond donors (Lipinski definition) is 0. The molecule has 0 fully saturated rings. The molecule has 1 aromatic rings. The van der Waals surface area contributed by atoms with Gasteiger partial charge in [-0.15, -0.1) is 0 Å². The van der Waals surface area contributed by atoms with Crippen molar-refractivity contribution < 1.29 is 4.92 Å². The molecule has 0 aromatic carbocycles. The summed E-state index contributed by atoms with van der Waals surface area (Å²) in [6, 6.07) is 0. The number of nitro groups is 1. The molecule has 0 N–H and O–H groups in total. The van der Waals surface area contributed by atoms with Crippen molar-refractivity contribution in [1.29, 1.82) is 0 Å². The van der Waals surface area contributed by atoms with Gasteiger partial charge in [0.05, 0.1) is 4.92 Å². The average molecular weight is 267 g/mol. The van der Waals surface area contributed by atoms with Crippen LogP contribution in [0, 0.1) is 13.8 Å². The largest absolute Gasteiger partial charge is 0.320 e. The summed E-state index contributed by atoms with van der Waals surface area (Å²) in [6.45, 7) is 2.54. The van der Waals surface area contributed by atoms with E-state index in [9.17, 15) is 10.1 Å². The Kier molecular flexibility index (Phi) is 2.42. The van der Waals surface area contributed by atoms with Gasteiger partial charge in [0.25, 0.3) is 0 Å². The van der Waals surface area contributed by atoms with Crippen molar-refractivity contribution in [3.8, 4) is 0 Å². The highest BCUT2D eigenvalue weighted by Gasteiger charge is 2.15. The SMILES string of the molecule is CCn1cc([N+](=O)[O-])c(I)n1. The van der Waals surface area contributed by atoms with E-state index in [0.29, 0.717) is 10.2 Å². The Balaban J connectivity index is 3.07. The van der Waals surface area contributed by atoms with Crippen molar-refractivity contribution in [3.63, 3.8) is 0 Å². The first-order chi connectivity index (χ1) is 5.15. The molecule has 11 heavy (non-hydrogen) atoms. The fraction of sp³-hybridized carbons (Fsp3) is 0.400. The van der Waals surface area contributed by atoms with Crippen LogP contribution in [0.1, 0.15) is 6.92 Å². The standard InChI is InChI=1S/C5H6IN3O2/c1-2-8-3-4(9(10)11)5(6)7-8/h3H,2H2,1H3.